The summed E-state index contributed by atoms with van der Waals surface area (Å²) in [6.07, 6.45) is 7.37. The number of carbonyl (C=O) groups excluding carboxylic acids is 1. The molecule has 1 saturated heterocycles. The van der Waals surface area contributed by atoms with Crippen LogP contribution in [0.3, 0.4) is 0 Å². The number of rotatable bonds is 7. The summed E-state index contributed by atoms with van der Waals surface area (Å²) in [5.41, 5.74) is 1.01. The third-order valence-electron chi connectivity index (χ3n) is 5.97. The van der Waals surface area contributed by atoms with Gasteiger partial charge in [0.1, 0.15) is 11.4 Å². The standard InChI is InChI=1S/C21H29N3O4/c1-22-17-12-15(8-9-18(17)28-13-19(25)26)23-21(27)20-16(10-11-24(20)2)14-6-4-3-5-7-14/h8-9,12,14,16,20H,1,3-7,10-11,13H2,2H3,(H,23,27)(H,25,26). The first kappa shape index (κ1) is 20.3. The van der Waals surface area contributed by atoms with Gasteiger partial charge < -0.3 is 15.2 Å². The van der Waals surface area contributed by atoms with Crippen molar-refractivity contribution in [2.75, 3.05) is 25.5 Å². The molecule has 0 spiro atoms. The van der Waals surface area contributed by atoms with Crippen LogP contribution in [0.5, 0.6) is 5.75 Å². The number of carboxylic acids is 1. The van der Waals surface area contributed by atoms with Crippen LogP contribution in [0.25, 0.3) is 0 Å². The zero-order chi connectivity index (χ0) is 20.1. The van der Waals surface area contributed by atoms with Crippen molar-refractivity contribution in [3.63, 3.8) is 0 Å². The number of hydrogen-bond donors (Lipinski definition) is 2. The number of anilines is 1. The quantitative estimate of drug-likeness (QED) is 0.701. The van der Waals surface area contributed by atoms with Gasteiger partial charge in [-0.05, 0) is 56.8 Å². The molecule has 0 aromatic heterocycles. The van der Waals surface area contributed by atoms with E-state index in [9.17, 15) is 9.59 Å². The topological polar surface area (TPSA) is 91.2 Å². The van der Waals surface area contributed by atoms with E-state index in [-0.39, 0.29) is 11.9 Å². The van der Waals surface area contributed by atoms with Crippen LogP contribution in [0, 0.1) is 11.8 Å². The minimum absolute atomic E-state index is 0.00444. The Morgan fingerprint density at radius 1 is 1.29 bits per heavy atom. The highest BCUT2D eigenvalue weighted by atomic mass is 16.5. The lowest BCUT2D eigenvalue weighted by atomic mass is 9.76. The molecule has 1 amide bonds. The van der Waals surface area contributed by atoms with E-state index < -0.39 is 12.6 Å². The predicted molar refractivity (Wildman–Crippen MR) is 109 cm³/mol. The van der Waals surface area contributed by atoms with Crippen molar-refractivity contribution >= 4 is 30.0 Å². The van der Waals surface area contributed by atoms with Gasteiger partial charge in [-0.3, -0.25) is 14.7 Å². The largest absolute Gasteiger partial charge is 0.480 e. The van der Waals surface area contributed by atoms with Crippen LogP contribution in [0.1, 0.15) is 38.5 Å². The number of carbonyl (C=O) groups is 2. The Balaban J connectivity index is 1.70. The van der Waals surface area contributed by atoms with Crippen LogP contribution in [0.15, 0.2) is 23.2 Å². The molecule has 0 radical (unpaired) electrons. The normalized spacial score (nSPS) is 23.3. The second-order valence-electron chi connectivity index (χ2n) is 7.79. The summed E-state index contributed by atoms with van der Waals surface area (Å²) in [6, 6.07) is 4.85. The second kappa shape index (κ2) is 9.19. The first-order valence-corrected chi connectivity index (χ1v) is 9.96. The fraction of sp³-hybridized carbons (Fsp3) is 0.571. The fourth-order valence-corrected chi connectivity index (χ4v) is 4.62. The Labute approximate surface area is 165 Å². The number of carboxylic acid groups (broad SMARTS) is 1. The van der Waals surface area contributed by atoms with Crippen molar-refractivity contribution < 1.29 is 19.4 Å². The summed E-state index contributed by atoms with van der Waals surface area (Å²) in [5, 5.41) is 11.8. The van der Waals surface area contributed by atoms with Gasteiger partial charge in [-0.15, -0.1) is 0 Å². The third kappa shape index (κ3) is 4.70. The van der Waals surface area contributed by atoms with Crippen LogP contribution in [-0.2, 0) is 9.59 Å². The first-order valence-electron chi connectivity index (χ1n) is 9.96. The molecular weight excluding hydrogens is 358 g/mol. The molecule has 1 aliphatic carbocycles. The number of benzene rings is 1. The van der Waals surface area contributed by atoms with E-state index >= 15 is 0 Å². The van der Waals surface area contributed by atoms with Crippen molar-refractivity contribution in [3.8, 4) is 5.75 Å². The van der Waals surface area contributed by atoms with Gasteiger partial charge in [-0.2, -0.15) is 0 Å². The lowest BCUT2D eigenvalue weighted by Gasteiger charge is -2.32. The number of amides is 1. The van der Waals surface area contributed by atoms with Crippen LogP contribution in [0.4, 0.5) is 11.4 Å². The SMILES string of the molecule is C=Nc1cc(NC(=O)C2C(C3CCCCC3)CCN2C)ccc1OCC(=O)O. The molecule has 3 rings (SSSR count). The van der Waals surface area contributed by atoms with Gasteiger partial charge in [0.05, 0.1) is 6.04 Å². The first-order chi connectivity index (χ1) is 13.5. The average Bonchev–Trinajstić information content (AvgIpc) is 3.09. The molecule has 1 aliphatic heterocycles. The average molecular weight is 387 g/mol. The van der Waals surface area contributed by atoms with E-state index in [0.717, 1.165) is 13.0 Å². The van der Waals surface area contributed by atoms with Crippen molar-refractivity contribution in [3.05, 3.63) is 18.2 Å². The molecular formula is C21H29N3O4. The summed E-state index contributed by atoms with van der Waals surface area (Å²) in [4.78, 5) is 29.8. The minimum Gasteiger partial charge on any atom is -0.480 e. The molecule has 0 bridgehead atoms. The molecule has 1 heterocycles. The Morgan fingerprint density at radius 3 is 2.71 bits per heavy atom. The van der Waals surface area contributed by atoms with Gasteiger partial charge in [0, 0.05) is 5.69 Å². The molecule has 1 saturated carbocycles. The molecule has 1 aromatic rings. The van der Waals surface area contributed by atoms with E-state index in [1.807, 2.05) is 7.05 Å². The number of hydrogen-bond acceptors (Lipinski definition) is 5. The maximum atomic E-state index is 13.1. The molecule has 152 valence electrons. The molecule has 7 heteroatoms. The Hall–Kier alpha value is -2.41. The number of likely N-dealkylation sites (N-methyl/N-ethyl adjacent to an activating group) is 1. The minimum atomic E-state index is -1.06. The lowest BCUT2D eigenvalue weighted by Crippen LogP contribution is -2.43. The van der Waals surface area contributed by atoms with Crippen molar-refractivity contribution in [2.24, 2.45) is 16.8 Å². The van der Waals surface area contributed by atoms with E-state index in [4.69, 9.17) is 9.84 Å². The van der Waals surface area contributed by atoms with Gasteiger partial charge in [-0.25, -0.2) is 4.79 Å². The van der Waals surface area contributed by atoms with Crippen molar-refractivity contribution in [2.45, 2.75) is 44.6 Å². The molecule has 2 unspecified atom stereocenters. The number of likely N-dealkylation sites (tertiary alicyclic amines) is 1. The number of ether oxygens (including phenoxy) is 1. The van der Waals surface area contributed by atoms with Gasteiger partial charge >= 0.3 is 5.97 Å². The summed E-state index contributed by atoms with van der Waals surface area (Å²) in [7, 11) is 2.02. The highest BCUT2D eigenvalue weighted by Crippen LogP contribution is 2.39. The Bertz CT molecular complexity index is 730. The van der Waals surface area contributed by atoms with Crippen molar-refractivity contribution in [1.82, 2.24) is 4.90 Å². The second-order valence-corrected chi connectivity index (χ2v) is 7.79. The van der Waals surface area contributed by atoms with Gasteiger partial charge in [0.15, 0.2) is 6.61 Å². The van der Waals surface area contributed by atoms with E-state index in [1.165, 1.54) is 32.1 Å². The van der Waals surface area contributed by atoms with E-state index in [0.29, 0.717) is 29.0 Å². The van der Waals surface area contributed by atoms with Crippen LogP contribution in [-0.4, -0.2) is 54.8 Å². The molecule has 2 fully saturated rings. The summed E-state index contributed by atoms with van der Waals surface area (Å²) < 4.78 is 5.21. The summed E-state index contributed by atoms with van der Waals surface area (Å²) >= 11 is 0. The molecule has 28 heavy (non-hydrogen) atoms. The molecule has 2 atom stereocenters. The molecule has 1 aromatic carbocycles. The van der Waals surface area contributed by atoms with E-state index in [2.05, 4.69) is 21.9 Å². The summed E-state index contributed by atoms with van der Waals surface area (Å²) in [6.45, 7) is 3.99. The summed E-state index contributed by atoms with van der Waals surface area (Å²) in [5.74, 6) is 0.302. The van der Waals surface area contributed by atoms with Crippen molar-refractivity contribution in [1.29, 1.82) is 0 Å². The van der Waals surface area contributed by atoms with Gasteiger partial charge in [0.2, 0.25) is 5.91 Å². The fourth-order valence-electron chi connectivity index (χ4n) is 4.62. The van der Waals surface area contributed by atoms with Crippen LogP contribution >= 0.6 is 0 Å². The molecule has 7 nitrogen and oxygen atoms in total. The molecule has 2 N–H and O–H groups in total. The van der Waals surface area contributed by atoms with Crippen LogP contribution in [0.2, 0.25) is 0 Å². The Kier molecular flexibility index (Phi) is 6.67. The monoisotopic (exact) mass is 387 g/mol. The number of aliphatic carboxylic acids is 1. The van der Waals surface area contributed by atoms with Crippen LogP contribution < -0.4 is 10.1 Å². The zero-order valence-electron chi connectivity index (χ0n) is 16.4. The highest BCUT2D eigenvalue weighted by Gasteiger charge is 2.41. The maximum absolute atomic E-state index is 13.1. The highest BCUT2D eigenvalue weighted by molar-refractivity contribution is 5.96. The number of aliphatic imine (C=N–C) groups is 1. The third-order valence-corrected chi connectivity index (χ3v) is 5.97. The number of nitrogens with one attached hydrogen (secondary N) is 1. The Morgan fingerprint density at radius 2 is 2.04 bits per heavy atom. The smallest absolute Gasteiger partial charge is 0.341 e. The maximum Gasteiger partial charge on any atom is 0.341 e. The predicted octanol–water partition coefficient (Wildman–Crippen LogP) is 3.32. The lowest BCUT2D eigenvalue weighted by molar-refractivity contribution is -0.139. The van der Waals surface area contributed by atoms with Gasteiger partial charge in [0.25, 0.3) is 0 Å². The molecule has 2 aliphatic rings. The zero-order valence-corrected chi connectivity index (χ0v) is 16.4. The van der Waals surface area contributed by atoms with Gasteiger partial charge in [-0.1, -0.05) is 32.1 Å². The van der Waals surface area contributed by atoms with E-state index in [1.54, 1.807) is 18.2 Å². The number of nitrogens with zero attached hydrogens (tertiary/aromatic N) is 2.